The van der Waals surface area contributed by atoms with Crippen LogP contribution in [-0.4, -0.2) is 16.1 Å². The van der Waals surface area contributed by atoms with Gasteiger partial charge in [-0.3, -0.25) is 4.98 Å². The van der Waals surface area contributed by atoms with Crippen molar-refractivity contribution in [1.29, 1.82) is 0 Å². The summed E-state index contributed by atoms with van der Waals surface area (Å²) >= 11 is 0. The summed E-state index contributed by atoms with van der Waals surface area (Å²) in [5.74, 6) is -1.32. The van der Waals surface area contributed by atoms with Crippen molar-refractivity contribution in [3.05, 3.63) is 58.7 Å². The summed E-state index contributed by atoms with van der Waals surface area (Å²) in [7, 11) is 0. The number of rotatable bonds is 4. The Hall–Kier alpha value is -2.43. The van der Waals surface area contributed by atoms with Crippen LogP contribution in [0.25, 0.3) is 0 Å². The molecule has 0 radical (unpaired) electrons. The monoisotopic (exact) mass is 288 g/mol. The van der Waals surface area contributed by atoms with Crippen LogP contribution >= 0.6 is 0 Å². The number of carboxylic acid groups (broad SMARTS) is 1. The molecular formula is C16H17FN2O2. The van der Waals surface area contributed by atoms with E-state index in [0.29, 0.717) is 11.4 Å². The summed E-state index contributed by atoms with van der Waals surface area (Å²) in [6, 6.07) is 7.67. The van der Waals surface area contributed by atoms with E-state index >= 15 is 0 Å². The Kier molecular flexibility index (Phi) is 4.21. The number of anilines is 1. The van der Waals surface area contributed by atoms with E-state index in [0.717, 1.165) is 11.3 Å². The Morgan fingerprint density at radius 1 is 1.29 bits per heavy atom. The third-order valence-corrected chi connectivity index (χ3v) is 3.28. The van der Waals surface area contributed by atoms with Gasteiger partial charge >= 0.3 is 5.97 Å². The molecule has 4 nitrogen and oxygen atoms in total. The van der Waals surface area contributed by atoms with E-state index in [1.807, 2.05) is 13.8 Å². The average Bonchev–Trinajstić information content (AvgIpc) is 2.37. The van der Waals surface area contributed by atoms with Crippen molar-refractivity contribution in [2.45, 2.75) is 26.8 Å². The van der Waals surface area contributed by atoms with Crippen LogP contribution in [0, 0.1) is 19.7 Å². The highest BCUT2D eigenvalue weighted by Gasteiger charge is 2.17. The Morgan fingerprint density at radius 2 is 1.90 bits per heavy atom. The van der Waals surface area contributed by atoms with Crippen LogP contribution in [0.1, 0.15) is 40.3 Å². The van der Waals surface area contributed by atoms with Gasteiger partial charge in [0, 0.05) is 11.7 Å². The zero-order valence-electron chi connectivity index (χ0n) is 12.1. The number of aryl methyl sites for hydroxylation is 2. The van der Waals surface area contributed by atoms with E-state index in [9.17, 15) is 14.3 Å². The van der Waals surface area contributed by atoms with E-state index in [-0.39, 0.29) is 17.4 Å². The first-order valence-corrected chi connectivity index (χ1v) is 6.62. The van der Waals surface area contributed by atoms with Crippen molar-refractivity contribution >= 4 is 11.7 Å². The summed E-state index contributed by atoms with van der Waals surface area (Å²) in [6.45, 7) is 5.38. The number of carbonyl (C=O) groups is 1. The van der Waals surface area contributed by atoms with Gasteiger partial charge in [-0.05, 0) is 44.5 Å². The fraction of sp³-hybridized carbons (Fsp3) is 0.250. The van der Waals surface area contributed by atoms with E-state index in [1.54, 1.807) is 25.1 Å². The normalized spacial score (nSPS) is 12.0. The topological polar surface area (TPSA) is 62.2 Å². The quantitative estimate of drug-likeness (QED) is 0.900. The smallest absolute Gasteiger partial charge is 0.339 e. The second kappa shape index (κ2) is 5.91. The van der Waals surface area contributed by atoms with Gasteiger partial charge in [0.2, 0.25) is 0 Å². The minimum Gasteiger partial charge on any atom is -0.478 e. The van der Waals surface area contributed by atoms with Gasteiger partial charge in [0.25, 0.3) is 0 Å². The average molecular weight is 288 g/mol. The molecule has 0 saturated heterocycles. The Balaban J connectivity index is 2.34. The largest absolute Gasteiger partial charge is 0.478 e. The maximum Gasteiger partial charge on any atom is 0.339 e. The molecule has 0 aliphatic rings. The van der Waals surface area contributed by atoms with Gasteiger partial charge in [-0.1, -0.05) is 12.1 Å². The molecule has 2 rings (SSSR count). The molecule has 0 bridgehead atoms. The standard InChI is InChI=1S/C16H17FN2O2/c1-9-8-14(15(16(20)21)11(3)18-9)19-10(2)12-4-6-13(17)7-5-12/h4-8,10H,1-3H3,(H,18,19)(H,20,21). The molecule has 21 heavy (non-hydrogen) atoms. The van der Waals surface area contributed by atoms with E-state index in [4.69, 9.17) is 0 Å². The molecule has 110 valence electrons. The second-order valence-electron chi connectivity index (χ2n) is 4.99. The van der Waals surface area contributed by atoms with E-state index < -0.39 is 5.97 Å². The second-order valence-corrected chi connectivity index (χ2v) is 4.99. The number of carboxylic acids is 1. The van der Waals surface area contributed by atoms with Crippen molar-refractivity contribution in [2.24, 2.45) is 0 Å². The van der Waals surface area contributed by atoms with E-state index in [1.165, 1.54) is 12.1 Å². The highest BCUT2D eigenvalue weighted by molar-refractivity contribution is 5.95. The Bertz CT molecular complexity index is 669. The summed E-state index contributed by atoms with van der Waals surface area (Å²) < 4.78 is 12.9. The predicted molar refractivity (Wildman–Crippen MR) is 79.1 cm³/mol. The van der Waals surface area contributed by atoms with Gasteiger partial charge < -0.3 is 10.4 Å². The number of nitrogens with one attached hydrogen (secondary N) is 1. The van der Waals surface area contributed by atoms with Crippen LogP contribution in [0.3, 0.4) is 0 Å². The van der Waals surface area contributed by atoms with Crippen molar-refractivity contribution in [3.8, 4) is 0 Å². The van der Waals surface area contributed by atoms with Gasteiger partial charge in [0.05, 0.1) is 11.4 Å². The molecule has 2 N–H and O–H groups in total. The molecule has 5 heteroatoms. The number of aromatic carboxylic acids is 1. The van der Waals surface area contributed by atoms with Gasteiger partial charge in [0.1, 0.15) is 11.4 Å². The van der Waals surface area contributed by atoms with Crippen LogP contribution in [0.5, 0.6) is 0 Å². The molecule has 1 aromatic carbocycles. The number of hydrogen-bond donors (Lipinski definition) is 2. The number of benzene rings is 1. The minimum absolute atomic E-state index is 0.148. The summed E-state index contributed by atoms with van der Waals surface area (Å²) in [5.41, 5.74) is 2.77. The van der Waals surface area contributed by atoms with Gasteiger partial charge in [-0.15, -0.1) is 0 Å². The number of aromatic nitrogens is 1. The van der Waals surface area contributed by atoms with Gasteiger partial charge in [-0.2, -0.15) is 0 Å². The first-order chi connectivity index (χ1) is 9.88. The SMILES string of the molecule is Cc1cc(NC(C)c2ccc(F)cc2)c(C(=O)O)c(C)n1. The van der Waals surface area contributed by atoms with Crippen LogP contribution in [0.4, 0.5) is 10.1 Å². The van der Waals surface area contributed by atoms with Crippen LogP contribution < -0.4 is 5.32 Å². The lowest BCUT2D eigenvalue weighted by Crippen LogP contribution is -2.13. The molecular weight excluding hydrogens is 271 g/mol. The molecule has 0 aliphatic heterocycles. The van der Waals surface area contributed by atoms with Crippen molar-refractivity contribution in [1.82, 2.24) is 4.98 Å². The molecule has 1 aromatic heterocycles. The summed E-state index contributed by atoms with van der Waals surface area (Å²) in [4.78, 5) is 15.6. The highest BCUT2D eigenvalue weighted by atomic mass is 19.1. The summed E-state index contributed by atoms with van der Waals surface area (Å²) in [5, 5.41) is 12.5. The fourth-order valence-corrected chi connectivity index (χ4v) is 2.28. The molecule has 0 amide bonds. The summed E-state index contributed by atoms with van der Waals surface area (Å²) in [6.07, 6.45) is 0. The van der Waals surface area contributed by atoms with E-state index in [2.05, 4.69) is 10.3 Å². The first kappa shape index (κ1) is 15.0. The zero-order chi connectivity index (χ0) is 15.6. The number of halogens is 1. The van der Waals surface area contributed by atoms with Gasteiger partial charge in [-0.25, -0.2) is 9.18 Å². The maximum absolute atomic E-state index is 12.9. The molecule has 1 heterocycles. The molecule has 2 aromatic rings. The first-order valence-electron chi connectivity index (χ1n) is 6.62. The maximum atomic E-state index is 12.9. The molecule has 0 aliphatic carbocycles. The molecule has 0 fully saturated rings. The van der Waals surface area contributed by atoms with Crippen molar-refractivity contribution in [2.75, 3.05) is 5.32 Å². The number of pyridine rings is 1. The lowest BCUT2D eigenvalue weighted by atomic mass is 10.1. The van der Waals surface area contributed by atoms with Crippen molar-refractivity contribution in [3.63, 3.8) is 0 Å². The van der Waals surface area contributed by atoms with Crippen LogP contribution in [0.2, 0.25) is 0 Å². The van der Waals surface area contributed by atoms with Crippen LogP contribution in [0.15, 0.2) is 30.3 Å². The Labute approximate surface area is 122 Å². The predicted octanol–water partition coefficient (Wildman–Crippen LogP) is 3.71. The molecule has 1 unspecified atom stereocenters. The lowest BCUT2D eigenvalue weighted by Gasteiger charge is -2.18. The molecule has 0 saturated carbocycles. The minimum atomic E-state index is -1.02. The van der Waals surface area contributed by atoms with Crippen LogP contribution in [-0.2, 0) is 0 Å². The lowest BCUT2D eigenvalue weighted by molar-refractivity contribution is 0.0696. The third-order valence-electron chi connectivity index (χ3n) is 3.28. The zero-order valence-corrected chi connectivity index (χ0v) is 12.1. The van der Waals surface area contributed by atoms with Gasteiger partial charge in [0.15, 0.2) is 0 Å². The highest BCUT2D eigenvalue weighted by Crippen LogP contribution is 2.25. The number of hydrogen-bond acceptors (Lipinski definition) is 3. The van der Waals surface area contributed by atoms with Crippen molar-refractivity contribution < 1.29 is 14.3 Å². The molecule has 0 spiro atoms. The fourth-order valence-electron chi connectivity index (χ4n) is 2.28. The Morgan fingerprint density at radius 3 is 2.48 bits per heavy atom. The molecule has 1 atom stereocenters. The third kappa shape index (κ3) is 3.37. The number of nitrogens with zero attached hydrogens (tertiary/aromatic N) is 1.